The smallest absolute Gasteiger partial charge is 0.343 e. The fourth-order valence-electron chi connectivity index (χ4n) is 6.21. The van der Waals surface area contributed by atoms with Gasteiger partial charge in [-0.2, -0.15) is 25.8 Å². The number of halogens is 5. The van der Waals surface area contributed by atoms with Gasteiger partial charge in [0.05, 0.1) is 41.3 Å². The summed E-state index contributed by atoms with van der Waals surface area (Å²) in [5.74, 6) is 2.53. The van der Waals surface area contributed by atoms with Crippen LogP contribution in [0, 0.1) is 36.5 Å². The molecular formula is C51H67Cl5N14O10S. The Kier molecular flexibility index (Phi) is 32.0. The number of nitriles is 2. The third-order valence-electron chi connectivity index (χ3n) is 10.9. The Morgan fingerprint density at radius 3 is 1.44 bits per heavy atom. The SMILES string of the molecule is CCC(C)(C)O.CCN(C(C)C)C(C)C.Cc1cc[nH]c(=O)c1Oc1cc(Cl)cc(C#N)c1.Cc1ccn(Cc2n[nH]c(=O)n2C)c(=O)c1Oc1cc(Cl)cc(C#N)c1.Cn1c(CCl)n[nH]c1=O.Cn1c(CO)n[nH]c1=O.O=S(Cl)Cl. The molecule has 5 aromatic heterocycles. The molecule has 5 heterocycles. The van der Waals surface area contributed by atoms with E-state index in [1.165, 1.54) is 55.6 Å². The minimum absolute atomic E-state index is 0.101. The second-order valence-electron chi connectivity index (χ2n) is 18.0. The molecule has 0 aliphatic carbocycles. The van der Waals surface area contributed by atoms with E-state index >= 15 is 0 Å². The molecule has 0 radical (unpaired) electrons. The quantitative estimate of drug-likeness (QED) is 0.0503. The third kappa shape index (κ3) is 25.7. The van der Waals surface area contributed by atoms with Gasteiger partial charge in [-0.25, -0.2) is 33.9 Å². The summed E-state index contributed by atoms with van der Waals surface area (Å²) in [6.45, 7) is 21.3. The Labute approximate surface area is 493 Å². The number of hydrogen-bond donors (Lipinski definition) is 6. The molecule has 0 saturated carbocycles. The molecule has 0 unspecified atom stereocenters. The van der Waals surface area contributed by atoms with Crippen molar-refractivity contribution in [2.24, 2.45) is 21.1 Å². The standard InChI is InChI=1S/C17H14ClN5O3.C13H9ClN2O2.C8H19N.C5H12O.C4H6ClN3O.C4H7N3O2.Cl2OS/c1-10-3-4-23(9-14-20-21-17(25)22(14)2)16(24)15(10)26-13-6-11(8-19)5-12(18)7-13;1-8-2-3-16-13(17)12(8)18-11-5-9(7-15)4-10(14)6-11;1-6-9(7(2)3)8(4)5;1-4-5(2,3)6;1-8-3(2-5)6-7-4(8)9;1-7-3(2-8)5-6-4(7)9;1-4(2)3/h3-7H,9H2,1-2H3,(H,21,25);2-6H,1H3,(H,16,17);7-8H,6H2,1-5H3;6H,4H2,1-3H3;2H2,1H3,(H,7,9);8H,2H2,1H3,(H,6,9);. The first kappa shape index (κ1) is 72.2. The predicted molar refractivity (Wildman–Crippen MR) is 315 cm³/mol. The number of aliphatic hydroxyl groups is 2. The summed E-state index contributed by atoms with van der Waals surface area (Å²) in [6, 6.07) is 17.9. The summed E-state index contributed by atoms with van der Waals surface area (Å²) in [5.41, 5.74) is -0.0370. The molecule has 30 heteroatoms. The van der Waals surface area contributed by atoms with Crippen LogP contribution < -0.4 is 37.7 Å². The van der Waals surface area contributed by atoms with Gasteiger partial charge in [0, 0.05) is 77.0 Å². The summed E-state index contributed by atoms with van der Waals surface area (Å²) in [7, 11) is 12.1. The van der Waals surface area contributed by atoms with Gasteiger partial charge >= 0.3 is 17.1 Å². The minimum Gasteiger partial charge on any atom is -0.451 e. The van der Waals surface area contributed by atoms with Crippen LogP contribution in [0.3, 0.4) is 0 Å². The second kappa shape index (κ2) is 35.8. The number of nitrogens with one attached hydrogen (secondary N) is 4. The van der Waals surface area contributed by atoms with E-state index in [1.54, 1.807) is 72.4 Å². The summed E-state index contributed by atoms with van der Waals surface area (Å²) in [5, 5.41) is 53.7. The maximum Gasteiger partial charge on any atom is 0.343 e. The Morgan fingerprint density at radius 1 is 0.728 bits per heavy atom. The monoisotopic (exact) mass is 1240 g/mol. The third-order valence-corrected chi connectivity index (χ3v) is 11.6. The van der Waals surface area contributed by atoms with E-state index in [1.807, 2.05) is 19.1 Å². The summed E-state index contributed by atoms with van der Waals surface area (Å²) in [4.78, 5) is 61.9. The van der Waals surface area contributed by atoms with Crippen LogP contribution >= 0.6 is 56.2 Å². The molecule has 6 N–H and O–H groups in total. The van der Waals surface area contributed by atoms with Crippen LogP contribution in [0.2, 0.25) is 10.0 Å². The van der Waals surface area contributed by atoms with E-state index in [0.29, 0.717) is 73.4 Å². The van der Waals surface area contributed by atoms with Crippen molar-refractivity contribution in [2.75, 3.05) is 6.54 Å². The highest BCUT2D eigenvalue weighted by Gasteiger charge is 2.15. The fourth-order valence-corrected chi connectivity index (χ4v) is 6.90. The summed E-state index contributed by atoms with van der Waals surface area (Å²) >= 11 is 17.2. The number of aliphatic hydroxyl groups excluding tert-OH is 1. The first-order chi connectivity index (χ1) is 37.9. The number of aryl methyl sites for hydroxylation is 2. The molecule has 0 fully saturated rings. The zero-order valence-corrected chi connectivity index (χ0v) is 51.5. The molecule has 7 rings (SSSR count). The molecule has 0 aliphatic rings. The molecule has 7 aromatic rings. The number of aromatic nitrogens is 11. The van der Waals surface area contributed by atoms with Crippen LogP contribution in [-0.4, -0.2) is 97.4 Å². The number of aromatic amines is 4. The number of alkyl halides is 1. The van der Waals surface area contributed by atoms with Crippen LogP contribution in [0.25, 0.3) is 0 Å². The highest BCUT2D eigenvalue weighted by molar-refractivity contribution is 8.26. The summed E-state index contributed by atoms with van der Waals surface area (Å²) in [6.07, 6.45) is 3.97. The van der Waals surface area contributed by atoms with Gasteiger partial charge in [-0.3, -0.25) is 28.2 Å². The molecule has 0 aliphatic heterocycles. The number of ether oxygens (including phenoxy) is 2. The lowest BCUT2D eigenvalue weighted by Crippen LogP contribution is -2.36. The molecule has 0 amide bonds. The maximum absolute atomic E-state index is 12.8. The van der Waals surface area contributed by atoms with Crippen molar-refractivity contribution in [1.82, 2.24) is 58.7 Å². The van der Waals surface area contributed by atoms with E-state index in [4.69, 9.17) is 69.2 Å². The zero-order valence-electron chi connectivity index (χ0n) is 46.9. The number of H-pyrrole nitrogens is 4. The Hall–Kier alpha value is -6.78. The van der Waals surface area contributed by atoms with Gasteiger partial charge in [-0.15, -0.1) is 11.6 Å². The Bertz CT molecular complexity index is 3440. The molecule has 0 saturated heterocycles. The van der Waals surface area contributed by atoms with Crippen LogP contribution in [-0.2, 0) is 49.4 Å². The Balaban J connectivity index is 0.000000517. The van der Waals surface area contributed by atoms with Crippen molar-refractivity contribution in [3.05, 3.63) is 163 Å². The highest BCUT2D eigenvalue weighted by atomic mass is 36.0. The predicted octanol–water partition coefficient (Wildman–Crippen LogP) is 7.73. The van der Waals surface area contributed by atoms with E-state index in [0.717, 1.165) is 13.0 Å². The molecule has 0 bridgehead atoms. The number of nitrogens with zero attached hydrogens (tertiary/aromatic N) is 10. The lowest BCUT2D eigenvalue weighted by atomic mass is 10.1. The second-order valence-corrected chi connectivity index (χ2v) is 21.7. The first-order valence-corrected chi connectivity index (χ1v) is 28.3. The van der Waals surface area contributed by atoms with E-state index in [-0.39, 0.29) is 58.7 Å². The zero-order chi connectivity index (χ0) is 61.9. The van der Waals surface area contributed by atoms with Crippen molar-refractivity contribution in [1.29, 1.82) is 10.5 Å². The van der Waals surface area contributed by atoms with Gasteiger partial charge in [0.15, 0.2) is 23.1 Å². The van der Waals surface area contributed by atoms with E-state index in [2.05, 4.69) is 96.5 Å². The van der Waals surface area contributed by atoms with Gasteiger partial charge in [0.25, 0.3) is 11.1 Å². The molecular weight excluding hydrogens is 1180 g/mol. The molecule has 0 atom stereocenters. The van der Waals surface area contributed by atoms with Crippen molar-refractivity contribution >= 4 is 65.4 Å². The van der Waals surface area contributed by atoms with Crippen LogP contribution in [0.1, 0.15) is 102 Å². The van der Waals surface area contributed by atoms with Gasteiger partial charge in [-0.05, 0) is 128 Å². The van der Waals surface area contributed by atoms with Crippen molar-refractivity contribution in [2.45, 2.75) is 112 Å². The lowest BCUT2D eigenvalue weighted by molar-refractivity contribution is 0.0765. The van der Waals surface area contributed by atoms with Crippen LogP contribution in [0.15, 0.2) is 84.9 Å². The van der Waals surface area contributed by atoms with Gasteiger partial charge < -0.3 is 29.2 Å². The summed E-state index contributed by atoms with van der Waals surface area (Å²) < 4.78 is 25.6. The molecule has 0 spiro atoms. The highest BCUT2D eigenvalue weighted by Crippen LogP contribution is 2.27. The normalized spacial score (nSPS) is 10.4. The first-order valence-electron chi connectivity index (χ1n) is 24.2. The molecule has 2 aromatic carbocycles. The van der Waals surface area contributed by atoms with E-state index < -0.39 is 14.8 Å². The van der Waals surface area contributed by atoms with Gasteiger partial charge in [0.1, 0.15) is 23.9 Å². The molecule has 24 nitrogen and oxygen atoms in total. The maximum atomic E-state index is 12.8. The minimum atomic E-state index is -1.67. The van der Waals surface area contributed by atoms with E-state index in [9.17, 15) is 24.0 Å². The van der Waals surface area contributed by atoms with Crippen LogP contribution in [0.5, 0.6) is 23.0 Å². The Morgan fingerprint density at radius 2 is 1.14 bits per heavy atom. The van der Waals surface area contributed by atoms with Crippen molar-refractivity contribution < 1.29 is 23.9 Å². The number of rotatable bonds is 12. The number of hydrogen-bond acceptors (Lipinski definition) is 16. The number of benzene rings is 2. The average Bonchev–Trinajstić information content (AvgIpc) is 4.05. The van der Waals surface area contributed by atoms with Gasteiger partial charge in [-0.1, -0.05) is 37.0 Å². The molecule has 81 heavy (non-hydrogen) atoms. The topological polar surface area (TPSA) is 334 Å². The largest absolute Gasteiger partial charge is 0.451 e. The lowest BCUT2D eigenvalue weighted by Gasteiger charge is -2.28. The molecule has 442 valence electrons. The fraction of sp³-hybridized carbons (Fsp3) is 0.412. The van der Waals surface area contributed by atoms with Crippen molar-refractivity contribution in [3.63, 3.8) is 0 Å². The van der Waals surface area contributed by atoms with Crippen LogP contribution in [0.4, 0.5) is 0 Å². The van der Waals surface area contributed by atoms with Crippen molar-refractivity contribution in [3.8, 4) is 35.1 Å². The number of pyridine rings is 2. The van der Waals surface area contributed by atoms with Gasteiger partial charge in [0.2, 0.25) is 9.23 Å². The average molecular weight is 1250 g/mol.